The number of hydrogen-bond acceptors (Lipinski definition) is 12. The maximum Gasteiger partial charge on any atom is 0.490 e. The number of halogens is 3. The molecule has 16 nitrogen and oxygen atoms in total. The van der Waals surface area contributed by atoms with Gasteiger partial charge in [-0.25, -0.2) is 28.0 Å². The molecule has 5 aromatic rings. The third-order valence-electron chi connectivity index (χ3n) is 7.72. The fraction of sp³-hybridized carbons (Fsp3) is 0.273. The van der Waals surface area contributed by atoms with Crippen LogP contribution in [0.3, 0.4) is 0 Å². The first-order valence-corrected chi connectivity index (χ1v) is 18.1. The van der Waals surface area contributed by atoms with Crippen LogP contribution in [-0.2, 0) is 26.1 Å². The van der Waals surface area contributed by atoms with Crippen LogP contribution in [-0.4, -0.2) is 100 Å². The van der Waals surface area contributed by atoms with E-state index in [1.807, 2.05) is 13.8 Å². The Labute approximate surface area is 309 Å². The first kappa shape index (κ1) is 39.6. The van der Waals surface area contributed by atoms with E-state index in [0.29, 0.717) is 40.0 Å². The van der Waals surface area contributed by atoms with Crippen molar-refractivity contribution in [2.24, 2.45) is 0 Å². The Morgan fingerprint density at radius 2 is 1.69 bits per heavy atom. The van der Waals surface area contributed by atoms with Crippen molar-refractivity contribution in [3.63, 3.8) is 0 Å². The number of alkyl halides is 3. The molecule has 4 heterocycles. The van der Waals surface area contributed by atoms with Gasteiger partial charge in [-0.3, -0.25) is 19.5 Å². The van der Waals surface area contributed by atoms with Crippen molar-refractivity contribution in [1.82, 2.24) is 25.1 Å². The zero-order valence-electron chi connectivity index (χ0n) is 28.5. The molecule has 3 aromatic heterocycles. The Balaban J connectivity index is 0.000000730. The smallest absolute Gasteiger partial charge is 0.480 e. The van der Waals surface area contributed by atoms with Gasteiger partial charge in [0.2, 0.25) is 5.88 Å². The number of amides is 1. The third kappa shape index (κ3) is 9.66. The Kier molecular flexibility index (Phi) is 11.8. The molecule has 0 bridgehead atoms. The van der Waals surface area contributed by atoms with Crippen molar-refractivity contribution < 1.29 is 55.7 Å². The number of pyridine rings is 1. The number of benzene rings is 2. The minimum atomic E-state index is -5.08. The van der Waals surface area contributed by atoms with Gasteiger partial charge in [-0.05, 0) is 61.9 Å². The minimum absolute atomic E-state index is 0.0240. The summed E-state index contributed by atoms with van der Waals surface area (Å²) < 4.78 is 71.7. The number of carboxylic acid groups (broad SMARTS) is 2. The number of aliphatic carboxylic acids is 1. The lowest BCUT2D eigenvalue weighted by Gasteiger charge is -2.34. The number of nitrogens with zero attached hydrogens (tertiary/aromatic N) is 4. The number of methoxy groups -OCH3 is 1. The van der Waals surface area contributed by atoms with Crippen LogP contribution in [0.4, 0.5) is 24.5 Å². The number of rotatable bonds is 10. The number of ether oxygens (including phenoxy) is 2. The van der Waals surface area contributed by atoms with Gasteiger partial charge >= 0.3 is 18.1 Å². The molecule has 1 saturated heterocycles. The van der Waals surface area contributed by atoms with Crippen molar-refractivity contribution in [2.45, 2.75) is 43.7 Å². The molecule has 0 unspecified atom stereocenters. The highest BCUT2D eigenvalue weighted by Crippen LogP contribution is 2.34. The van der Waals surface area contributed by atoms with Crippen LogP contribution in [0.2, 0.25) is 0 Å². The zero-order chi connectivity index (χ0) is 39.4. The lowest BCUT2D eigenvalue weighted by Crippen LogP contribution is -2.44. The molecule has 21 heteroatoms. The van der Waals surface area contributed by atoms with Gasteiger partial charge in [-0.15, -0.1) is 11.3 Å². The maximum absolute atomic E-state index is 13.4. The maximum atomic E-state index is 13.4. The van der Waals surface area contributed by atoms with Crippen molar-refractivity contribution in [3.05, 3.63) is 76.5 Å². The van der Waals surface area contributed by atoms with Crippen LogP contribution < -0.4 is 14.8 Å². The van der Waals surface area contributed by atoms with E-state index in [-0.39, 0.29) is 40.1 Å². The van der Waals surface area contributed by atoms with Crippen LogP contribution in [0.1, 0.15) is 39.7 Å². The van der Waals surface area contributed by atoms with Gasteiger partial charge in [0, 0.05) is 35.6 Å². The third-order valence-corrected chi connectivity index (χ3v) is 9.94. The van der Waals surface area contributed by atoms with Gasteiger partial charge in [0.25, 0.3) is 15.9 Å². The topological polar surface area (TPSA) is 226 Å². The van der Waals surface area contributed by atoms with E-state index in [4.69, 9.17) is 24.5 Å². The highest BCUT2D eigenvalue weighted by molar-refractivity contribution is 7.92. The average Bonchev–Trinajstić information content (AvgIpc) is 3.78. The quantitative estimate of drug-likeness (QED) is 0.125. The summed E-state index contributed by atoms with van der Waals surface area (Å²) in [5.74, 6) is -4.29. The fourth-order valence-corrected chi connectivity index (χ4v) is 7.29. The van der Waals surface area contributed by atoms with Gasteiger partial charge < -0.3 is 25.0 Å². The minimum Gasteiger partial charge on any atom is -0.480 e. The number of anilines is 2. The number of sulfonamides is 1. The summed E-state index contributed by atoms with van der Waals surface area (Å²) >= 11 is 1.42. The normalized spacial score (nSPS) is 16.3. The summed E-state index contributed by atoms with van der Waals surface area (Å²) in [4.78, 5) is 44.4. The fourth-order valence-electron chi connectivity index (χ4n) is 5.43. The lowest BCUT2D eigenvalue weighted by molar-refractivity contribution is -0.192. The summed E-state index contributed by atoms with van der Waals surface area (Å²) in [6.45, 7) is 6.29. The predicted molar refractivity (Wildman–Crippen MR) is 189 cm³/mol. The summed E-state index contributed by atoms with van der Waals surface area (Å²) in [6.07, 6.45) is -1.72. The molecule has 1 amide bonds. The molecule has 54 heavy (non-hydrogen) atoms. The summed E-state index contributed by atoms with van der Waals surface area (Å²) in [6, 6.07) is 9.90. The molecule has 1 aliphatic heterocycles. The van der Waals surface area contributed by atoms with Crippen molar-refractivity contribution in [3.8, 4) is 17.0 Å². The van der Waals surface area contributed by atoms with Gasteiger partial charge in [-0.1, -0.05) is 0 Å². The van der Waals surface area contributed by atoms with E-state index < -0.39 is 28.1 Å². The number of H-pyrrole nitrogens is 1. The lowest BCUT2D eigenvalue weighted by atomic mass is 10.0. The number of carbonyl (C=O) groups excluding carboxylic acids is 1. The molecule has 0 aliphatic carbocycles. The monoisotopic (exact) mass is 791 g/mol. The Bertz CT molecular complexity index is 2270. The van der Waals surface area contributed by atoms with Crippen LogP contribution in [0.5, 0.6) is 5.88 Å². The Morgan fingerprint density at radius 3 is 2.30 bits per heavy atom. The van der Waals surface area contributed by atoms with Crippen molar-refractivity contribution >= 4 is 61.5 Å². The molecular weight excluding hydrogens is 760 g/mol. The predicted octanol–water partition coefficient (Wildman–Crippen LogP) is 5.08. The number of aromatic nitrogens is 4. The van der Waals surface area contributed by atoms with Crippen LogP contribution in [0.15, 0.2) is 65.1 Å². The molecule has 2 atom stereocenters. The molecule has 0 radical (unpaired) electrons. The Hall–Kier alpha value is -5.64. The molecule has 0 saturated carbocycles. The molecule has 5 N–H and O–H groups in total. The van der Waals surface area contributed by atoms with E-state index in [1.54, 1.807) is 29.8 Å². The number of carbonyl (C=O) groups is 3. The van der Waals surface area contributed by atoms with E-state index >= 15 is 0 Å². The molecule has 286 valence electrons. The van der Waals surface area contributed by atoms with E-state index in [2.05, 4.69) is 35.1 Å². The Morgan fingerprint density at radius 1 is 1.04 bits per heavy atom. The van der Waals surface area contributed by atoms with E-state index in [9.17, 15) is 31.2 Å². The number of hydrogen-bond donors (Lipinski definition) is 5. The number of fused-ring (bicyclic) bond motifs is 1. The molecular formula is C33H32F3N7O9S2. The molecule has 2 aromatic carbocycles. The highest BCUT2D eigenvalue weighted by Gasteiger charge is 2.38. The summed E-state index contributed by atoms with van der Waals surface area (Å²) in [5.41, 5.74) is 2.52. The number of thiazole rings is 1. The van der Waals surface area contributed by atoms with Crippen molar-refractivity contribution in [1.29, 1.82) is 0 Å². The second-order valence-electron chi connectivity index (χ2n) is 11.9. The first-order valence-electron chi connectivity index (χ1n) is 15.7. The average molecular weight is 792 g/mol. The SMILES string of the molecule is COc1ncc(-c2cc(NC(=O)c3csc(CN4C[C@@H](C)O[C@@H](C)C4)n3)c3cn[nH]c3c2)cc1NS(=O)(=O)c1ccc(C(=O)O)cc1.O=C(O)C(F)(F)F. The van der Waals surface area contributed by atoms with Gasteiger partial charge in [0.15, 0.2) is 0 Å². The molecule has 1 aliphatic rings. The number of nitrogens with one attached hydrogen (secondary N) is 3. The number of morpholine rings is 1. The summed E-state index contributed by atoms with van der Waals surface area (Å²) in [7, 11) is -2.77. The van der Waals surface area contributed by atoms with Gasteiger partial charge in [0.05, 0.1) is 53.7 Å². The molecule has 1 fully saturated rings. The highest BCUT2D eigenvalue weighted by atomic mass is 32.2. The largest absolute Gasteiger partial charge is 0.490 e. The second kappa shape index (κ2) is 16.2. The first-order chi connectivity index (χ1) is 25.4. The van der Waals surface area contributed by atoms with E-state index in [0.717, 1.165) is 18.1 Å². The summed E-state index contributed by atoms with van der Waals surface area (Å²) in [5, 5.41) is 29.5. The van der Waals surface area contributed by atoms with Gasteiger partial charge in [0.1, 0.15) is 16.4 Å². The van der Waals surface area contributed by atoms with Crippen LogP contribution in [0, 0.1) is 0 Å². The molecule has 6 rings (SSSR count). The van der Waals surface area contributed by atoms with Crippen molar-refractivity contribution in [2.75, 3.05) is 30.2 Å². The van der Waals surface area contributed by atoms with Crippen LogP contribution >= 0.6 is 11.3 Å². The number of aromatic carboxylic acids is 1. The standard InChI is InChI=1S/C31H31N7O7S2.C2HF3O2/c1-17-13-38(14-18(2)45-17)15-28-34-27(16-46-28)29(39)35-24-8-20(9-25-23(24)12-33-36-25)21-10-26(30(44-3)32-11-21)37-47(42,43)22-6-4-19(5-7-22)31(40)41;3-2(4,5)1(6)7/h4-12,16-18,37H,13-15H2,1-3H3,(H,33,36)(H,35,39)(H,40,41);(H,6,7)/t17-,18+;. The van der Waals surface area contributed by atoms with Gasteiger partial charge in [-0.2, -0.15) is 18.3 Å². The number of carboxylic acids is 2. The molecule has 0 spiro atoms. The second-order valence-corrected chi connectivity index (χ2v) is 14.5. The number of aromatic amines is 1. The van der Waals surface area contributed by atoms with E-state index in [1.165, 1.54) is 48.9 Å². The van der Waals surface area contributed by atoms with Crippen LogP contribution in [0.25, 0.3) is 22.0 Å². The zero-order valence-corrected chi connectivity index (χ0v) is 30.2.